The van der Waals surface area contributed by atoms with Crippen LogP contribution < -0.4 is 15.6 Å². The first-order valence-electron chi connectivity index (χ1n) is 15.6. The minimum atomic E-state index is -0.397. The molecule has 1 aliphatic carbocycles. The molecule has 0 bridgehead atoms. The maximum absolute atomic E-state index is 13.3. The Hall–Kier alpha value is -4.51. The average Bonchev–Trinajstić information content (AvgIpc) is 3.50. The second-order valence-corrected chi connectivity index (χ2v) is 11.3. The second-order valence-electron chi connectivity index (χ2n) is 11.3. The highest BCUT2D eigenvalue weighted by Crippen LogP contribution is 2.30. The quantitative estimate of drug-likeness (QED) is 0.0772. The third-order valence-electron chi connectivity index (χ3n) is 7.87. The van der Waals surface area contributed by atoms with Crippen LogP contribution in [-0.4, -0.2) is 58.8 Å². The lowest BCUT2D eigenvalue weighted by Gasteiger charge is -2.33. The Morgan fingerprint density at radius 1 is 1.02 bits per heavy atom. The van der Waals surface area contributed by atoms with Crippen LogP contribution in [0.15, 0.2) is 65.8 Å². The Balaban J connectivity index is 1.29. The number of benzene rings is 2. The molecule has 2 atom stereocenters. The molecule has 45 heavy (non-hydrogen) atoms. The molecule has 3 amide bonds. The van der Waals surface area contributed by atoms with Crippen molar-refractivity contribution in [2.75, 3.05) is 6.61 Å². The van der Waals surface area contributed by atoms with E-state index >= 15 is 0 Å². The summed E-state index contributed by atoms with van der Waals surface area (Å²) in [5.41, 5.74) is 6.28. The number of amides is 3. The smallest absolute Gasteiger partial charge is 0.306 e. The molecule has 11 heteroatoms. The van der Waals surface area contributed by atoms with Gasteiger partial charge in [-0.25, -0.2) is 10.9 Å². The second kappa shape index (κ2) is 17.7. The van der Waals surface area contributed by atoms with Crippen LogP contribution in [0, 0.1) is 0 Å². The van der Waals surface area contributed by atoms with Crippen LogP contribution in [0.5, 0.6) is 5.75 Å². The van der Waals surface area contributed by atoms with Crippen molar-refractivity contribution in [1.82, 2.24) is 15.8 Å². The van der Waals surface area contributed by atoms with E-state index in [1.807, 2.05) is 41.3 Å². The highest BCUT2D eigenvalue weighted by atomic mass is 16.5. The van der Waals surface area contributed by atoms with Crippen molar-refractivity contribution in [3.8, 4) is 5.75 Å². The Bertz CT molecular complexity index is 1360. The maximum atomic E-state index is 13.3. The van der Waals surface area contributed by atoms with Crippen molar-refractivity contribution < 1.29 is 33.9 Å². The van der Waals surface area contributed by atoms with E-state index in [1.54, 1.807) is 36.0 Å². The Labute approximate surface area is 263 Å². The molecule has 4 rings (SSSR count). The van der Waals surface area contributed by atoms with Gasteiger partial charge in [-0.3, -0.25) is 24.4 Å². The summed E-state index contributed by atoms with van der Waals surface area (Å²) in [5.74, 6) is -0.303. The zero-order valence-electron chi connectivity index (χ0n) is 25.5. The van der Waals surface area contributed by atoms with Gasteiger partial charge in [0.1, 0.15) is 11.9 Å². The van der Waals surface area contributed by atoms with Gasteiger partial charge in [0, 0.05) is 31.4 Å². The van der Waals surface area contributed by atoms with E-state index in [9.17, 15) is 19.2 Å². The molecule has 1 saturated carbocycles. The molecule has 3 N–H and O–H groups in total. The fourth-order valence-corrected chi connectivity index (χ4v) is 5.52. The molecule has 11 nitrogen and oxygen atoms in total. The third-order valence-corrected chi connectivity index (χ3v) is 7.87. The number of esters is 1. The lowest BCUT2D eigenvalue weighted by molar-refractivity contribution is -0.154. The van der Waals surface area contributed by atoms with Gasteiger partial charge in [0.15, 0.2) is 0 Å². The number of rotatable bonds is 12. The van der Waals surface area contributed by atoms with Crippen LogP contribution in [0.4, 0.5) is 0 Å². The number of hydrazone groups is 1. The summed E-state index contributed by atoms with van der Waals surface area (Å²) in [6.07, 6.45) is 12.1. The number of nitrogens with zero attached hydrogens (tertiary/aromatic N) is 2. The molecule has 0 radical (unpaired) electrons. The average molecular weight is 619 g/mol. The lowest BCUT2D eigenvalue weighted by Crippen LogP contribution is -2.45. The summed E-state index contributed by atoms with van der Waals surface area (Å²) in [7, 11) is 0. The Morgan fingerprint density at radius 2 is 1.82 bits per heavy atom. The molecular formula is C34H42N4O7. The molecule has 0 spiro atoms. The maximum Gasteiger partial charge on any atom is 0.306 e. The predicted molar refractivity (Wildman–Crippen MR) is 168 cm³/mol. The number of fused-ring (bicyclic) bond motifs is 1. The summed E-state index contributed by atoms with van der Waals surface area (Å²) in [6, 6.07) is 14.2. The topological polar surface area (TPSA) is 147 Å². The Morgan fingerprint density at radius 3 is 2.62 bits per heavy atom. The van der Waals surface area contributed by atoms with Gasteiger partial charge in [-0.15, -0.1) is 0 Å². The number of hydrogen-bond acceptors (Lipinski definition) is 8. The summed E-state index contributed by atoms with van der Waals surface area (Å²) < 4.78 is 11.5. The molecule has 0 unspecified atom stereocenters. The third kappa shape index (κ3) is 10.9. The van der Waals surface area contributed by atoms with E-state index in [0.717, 1.165) is 43.2 Å². The molecule has 1 fully saturated rings. The molecule has 1 heterocycles. The van der Waals surface area contributed by atoms with E-state index in [1.165, 1.54) is 0 Å². The van der Waals surface area contributed by atoms with E-state index in [2.05, 4.69) is 10.5 Å². The molecule has 1 aliphatic heterocycles. The number of allylic oxidation sites excluding steroid dienone is 2. The first-order chi connectivity index (χ1) is 21.9. The first-order valence-corrected chi connectivity index (χ1v) is 15.6. The number of carbonyl (C=O) groups excluding carboxylic acids is 4. The van der Waals surface area contributed by atoms with Crippen LogP contribution in [0.2, 0.25) is 0 Å². The van der Waals surface area contributed by atoms with Gasteiger partial charge < -0.3 is 14.4 Å². The number of ether oxygens (including phenoxy) is 2. The van der Waals surface area contributed by atoms with Crippen molar-refractivity contribution in [3.05, 3.63) is 77.4 Å². The van der Waals surface area contributed by atoms with Gasteiger partial charge in [-0.05, 0) is 92.8 Å². The van der Waals surface area contributed by atoms with Crippen LogP contribution in [-0.2, 0) is 25.7 Å². The first kappa shape index (κ1) is 33.4. The highest BCUT2D eigenvalue weighted by molar-refractivity contribution is 5.95. The zero-order valence-corrected chi connectivity index (χ0v) is 25.5. The van der Waals surface area contributed by atoms with E-state index < -0.39 is 5.91 Å². The zero-order chi connectivity index (χ0) is 31.9. The highest BCUT2D eigenvalue weighted by Gasteiger charge is 2.37. The number of unbranched alkanes of at least 4 members (excludes halogenated alkanes) is 2. The predicted octanol–water partition coefficient (Wildman–Crippen LogP) is 4.82. The molecule has 2 aliphatic rings. The molecule has 240 valence electrons. The van der Waals surface area contributed by atoms with Crippen molar-refractivity contribution in [2.24, 2.45) is 5.10 Å². The fraction of sp³-hybridized carbons (Fsp3) is 0.441. The monoisotopic (exact) mass is 618 g/mol. The number of hydroxylamine groups is 1. The largest absolute Gasteiger partial charge is 0.494 e. The van der Waals surface area contributed by atoms with Crippen LogP contribution in [0.1, 0.15) is 92.1 Å². The standard InChI is InChI=1S/C34H42N4O7/c39-31(37-43)14-4-3-7-21-44-28-19-17-27(18-20-28)34(42)36-35-23-25-10-8-11-26(22-25)24-38-29-12-9-13-30(29)45-33(41)16-6-2-1-5-15-32(38)40/h1-2,8,10-11,17-20,22-23,29-30,43H,3-7,9,12-16,21,24H2,(H,36,42)(H,37,39)/b2-1+,35-23+/t29-,30-/m0/s1. The van der Waals surface area contributed by atoms with Crippen molar-refractivity contribution in [2.45, 2.75) is 89.3 Å². The molecule has 0 saturated heterocycles. The summed E-state index contributed by atoms with van der Waals surface area (Å²) in [6.45, 7) is 0.873. The van der Waals surface area contributed by atoms with Gasteiger partial charge in [0.05, 0.1) is 18.9 Å². The number of hydrogen-bond donors (Lipinski definition) is 3. The van der Waals surface area contributed by atoms with Gasteiger partial charge in [0.25, 0.3) is 5.91 Å². The molecule has 2 aromatic rings. The van der Waals surface area contributed by atoms with E-state index in [4.69, 9.17) is 14.7 Å². The molecule has 2 aromatic carbocycles. The van der Waals surface area contributed by atoms with Gasteiger partial charge in [-0.1, -0.05) is 30.4 Å². The summed E-state index contributed by atoms with van der Waals surface area (Å²) in [4.78, 5) is 51.2. The fourth-order valence-electron chi connectivity index (χ4n) is 5.52. The SMILES string of the molecule is O=C(CCCCCOc1ccc(C(=O)N/N=C/c2cccc(CN3C(=O)CC/C=C/CCC(=O)O[C@H]4CCC[C@@H]43)c2)cc1)NO. The molecular weight excluding hydrogens is 576 g/mol. The van der Waals surface area contributed by atoms with Crippen molar-refractivity contribution in [3.63, 3.8) is 0 Å². The van der Waals surface area contributed by atoms with Crippen molar-refractivity contribution in [1.29, 1.82) is 0 Å². The van der Waals surface area contributed by atoms with Gasteiger partial charge >= 0.3 is 5.97 Å². The van der Waals surface area contributed by atoms with E-state index in [-0.39, 0.29) is 36.4 Å². The number of carbonyl (C=O) groups is 4. The van der Waals surface area contributed by atoms with Crippen LogP contribution in [0.3, 0.4) is 0 Å². The van der Waals surface area contributed by atoms with Gasteiger partial charge in [0.2, 0.25) is 11.8 Å². The van der Waals surface area contributed by atoms with Crippen LogP contribution in [0.25, 0.3) is 0 Å². The summed E-state index contributed by atoms with van der Waals surface area (Å²) >= 11 is 0. The van der Waals surface area contributed by atoms with Crippen LogP contribution >= 0.6 is 0 Å². The van der Waals surface area contributed by atoms with E-state index in [0.29, 0.717) is 56.6 Å². The Kier molecular flexibility index (Phi) is 13.1. The lowest BCUT2D eigenvalue weighted by atomic mass is 10.1. The van der Waals surface area contributed by atoms with Crippen molar-refractivity contribution >= 4 is 29.9 Å². The number of nitrogens with one attached hydrogen (secondary N) is 2. The minimum absolute atomic E-state index is 0.0422. The summed E-state index contributed by atoms with van der Waals surface area (Å²) in [5, 5.41) is 12.6. The minimum Gasteiger partial charge on any atom is -0.494 e. The van der Waals surface area contributed by atoms with Gasteiger partial charge in [-0.2, -0.15) is 5.10 Å². The molecule has 0 aromatic heterocycles. The normalized spacial score (nSPS) is 19.6.